The molecule has 2 unspecified atom stereocenters. The van der Waals surface area contributed by atoms with Gasteiger partial charge in [0.1, 0.15) is 17.4 Å². The number of carbonyl (C=O) groups is 1. The van der Waals surface area contributed by atoms with E-state index in [1.165, 1.54) is 25.3 Å². The number of carboxylic acids is 1. The number of ether oxygens (including phenoxy) is 1. The van der Waals surface area contributed by atoms with Crippen LogP contribution in [0, 0.1) is 0 Å². The van der Waals surface area contributed by atoms with E-state index in [1.807, 2.05) is 0 Å². The molecule has 0 saturated carbocycles. The standard InChI is InChI=1S/C11H14O5S/c1-16-9-4-6(10(13)8(12)5-17)2-3-7(9)11(14)15/h2-4,8,10,12-13,17H,5H2,1H3,(H,14,15). The lowest BCUT2D eigenvalue weighted by atomic mass is 10.0. The third-order valence-electron chi connectivity index (χ3n) is 2.35. The normalized spacial score (nSPS) is 14.1. The summed E-state index contributed by atoms with van der Waals surface area (Å²) >= 11 is 3.87. The minimum Gasteiger partial charge on any atom is -0.496 e. The number of hydrogen-bond donors (Lipinski definition) is 4. The summed E-state index contributed by atoms with van der Waals surface area (Å²) in [5.74, 6) is -0.873. The Morgan fingerprint density at radius 2 is 2.12 bits per heavy atom. The van der Waals surface area contributed by atoms with Gasteiger partial charge in [0.2, 0.25) is 0 Å². The van der Waals surface area contributed by atoms with E-state index in [-0.39, 0.29) is 17.1 Å². The molecule has 17 heavy (non-hydrogen) atoms. The monoisotopic (exact) mass is 258 g/mol. The van der Waals surface area contributed by atoms with Crippen molar-refractivity contribution in [2.75, 3.05) is 12.9 Å². The number of carboxylic acid groups (broad SMARTS) is 1. The van der Waals surface area contributed by atoms with Crippen molar-refractivity contribution >= 4 is 18.6 Å². The molecule has 3 N–H and O–H groups in total. The number of benzene rings is 1. The highest BCUT2D eigenvalue weighted by atomic mass is 32.1. The van der Waals surface area contributed by atoms with Crippen LogP contribution < -0.4 is 4.74 Å². The second-order valence-corrected chi connectivity index (χ2v) is 3.82. The lowest BCUT2D eigenvalue weighted by Gasteiger charge is -2.17. The van der Waals surface area contributed by atoms with Crippen molar-refractivity contribution in [1.29, 1.82) is 0 Å². The number of aliphatic hydroxyl groups is 2. The molecule has 0 amide bonds. The molecule has 0 heterocycles. The molecule has 0 spiro atoms. The van der Waals surface area contributed by atoms with Gasteiger partial charge in [-0.15, -0.1) is 0 Å². The van der Waals surface area contributed by atoms with E-state index in [1.54, 1.807) is 0 Å². The van der Waals surface area contributed by atoms with E-state index in [0.717, 1.165) is 0 Å². The molecule has 2 atom stereocenters. The Kier molecular flexibility index (Phi) is 4.80. The van der Waals surface area contributed by atoms with Crippen molar-refractivity contribution in [3.63, 3.8) is 0 Å². The van der Waals surface area contributed by atoms with Gasteiger partial charge in [0.15, 0.2) is 0 Å². The summed E-state index contributed by atoms with van der Waals surface area (Å²) in [6, 6.07) is 4.15. The van der Waals surface area contributed by atoms with Crippen molar-refractivity contribution in [2.45, 2.75) is 12.2 Å². The van der Waals surface area contributed by atoms with Crippen LogP contribution in [0.25, 0.3) is 0 Å². The largest absolute Gasteiger partial charge is 0.496 e. The van der Waals surface area contributed by atoms with Gasteiger partial charge < -0.3 is 20.1 Å². The van der Waals surface area contributed by atoms with Crippen LogP contribution in [0.5, 0.6) is 5.75 Å². The molecule has 5 nitrogen and oxygen atoms in total. The van der Waals surface area contributed by atoms with Crippen LogP contribution in [0.1, 0.15) is 22.0 Å². The zero-order valence-corrected chi connectivity index (χ0v) is 10.1. The predicted octanol–water partition coefficient (Wildman–Crippen LogP) is 0.717. The molecule has 0 radical (unpaired) electrons. The Morgan fingerprint density at radius 1 is 1.47 bits per heavy atom. The minimum atomic E-state index is -1.12. The van der Waals surface area contributed by atoms with Crippen LogP contribution in [-0.2, 0) is 0 Å². The van der Waals surface area contributed by atoms with Gasteiger partial charge in [-0.2, -0.15) is 12.6 Å². The van der Waals surface area contributed by atoms with Crippen molar-refractivity contribution in [3.8, 4) is 5.75 Å². The molecular formula is C11H14O5S. The summed E-state index contributed by atoms with van der Waals surface area (Å²) in [6.07, 6.45) is -2.14. The van der Waals surface area contributed by atoms with Gasteiger partial charge in [0.05, 0.1) is 13.2 Å². The first-order valence-corrected chi connectivity index (χ1v) is 5.52. The molecule has 0 bridgehead atoms. The topological polar surface area (TPSA) is 87.0 Å². The number of hydrogen-bond acceptors (Lipinski definition) is 5. The first kappa shape index (κ1) is 13.8. The van der Waals surface area contributed by atoms with Crippen molar-refractivity contribution < 1.29 is 24.9 Å². The smallest absolute Gasteiger partial charge is 0.339 e. The maximum absolute atomic E-state index is 10.8. The number of aromatic carboxylic acids is 1. The molecule has 0 aliphatic carbocycles. The molecule has 0 aliphatic rings. The predicted molar refractivity (Wildman–Crippen MR) is 64.8 cm³/mol. The van der Waals surface area contributed by atoms with Crippen molar-refractivity contribution in [1.82, 2.24) is 0 Å². The van der Waals surface area contributed by atoms with E-state index in [2.05, 4.69) is 12.6 Å². The first-order chi connectivity index (χ1) is 8.01. The average molecular weight is 258 g/mol. The summed E-state index contributed by atoms with van der Waals surface area (Å²) in [5, 5.41) is 28.1. The molecular weight excluding hydrogens is 244 g/mol. The van der Waals surface area contributed by atoms with Gasteiger partial charge in [-0.25, -0.2) is 4.79 Å². The average Bonchev–Trinajstić information content (AvgIpc) is 2.35. The Bertz CT molecular complexity index is 407. The molecule has 0 fully saturated rings. The molecule has 0 aromatic heterocycles. The highest BCUT2D eigenvalue weighted by Gasteiger charge is 2.19. The molecule has 1 aromatic rings. The fourth-order valence-corrected chi connectivity index (χ4v) is 1.59. The molecule has 94 valence electrons. The Hall–Kier alpha value is -1.24. The third kappa shape index (κ3) is 3.12. The minimum absolute atomic E-state index is 0.00353. The Labute approximate surface area is 104 Å². The maximum atomic E-state index is 10.8. The molecule has 1 rings (SSSR count). The van der Waals surface area contributed by atoms with Crippen molar-refractivity contribution in [3.05, 3.63) is 29.3 Å². The van der Waals surface area contributed by atoms with Crippen LogP contribution in [0.15, 0.2) is 18.2 Å². The second-order valence-electron chi connectivity index (χ2n) is 3.46. The van der Waals surface area contributed by atoms with Gasteiger partial charge in [-0.1, -0.05) is 6.07 Å². The number of methoxy groups -OCH3 is 1. The van der Waals surface area contributed by atoms with E-state index in [4.69, 9.17) is 9.84 Å². The summed E-state index contributed by atoms with van der Waals surface area (Å²) in [5.41, 5.74) is 0.386. The maximum Gasteiger partial charge on any atom is 0.339 e. The zero-order chi connectivity index (χ0) is 13.0. The van der Waals surface area contributed by atoms with Gasteiger partial charge in [0.25, 0.3) is 0 Å². The Balaban J connectivity index is 3.09. The summed E-state index contributed by atoms with van der Waals surface area (Å²) in [7, 11) is 1.34. The number of thiol groups is 1. The number of rotatable bonds is 5. The summed E-state index contributed by atoms with van der Waals surface area (Å²) in [6.45, 7) is 0. The Morgan fingerprint density at radius 3 is 2.59 bits per heavy atom. The van der Waals surface area contributed by atoms with Crippen LogP contribution in [0.4, 0.5) is 0 Å². The van der Waals surface area contributed by atoms with E-state index in [9.17, 15) is 15.0 Å². The third-order valence-corrected chi connectivity index (χ3v) is 2.72. The van der Waals surface area contributed by atoms with E-state index in [0.29, 0.717) is 5.56 Å². The van der Waals surface area contributed by atoms with Gasteiger partial charge in [0, 0.05) is 5.75 Å². The first-order valence-electron chi connectivity index (χ1n) is 4.89. The lowest BCUT2D eigenvalue weighted by molar-refractivity contribution is 0.0336. The highest BCUT2D eigenvalue weighted by Crippen LogP contribution is 2.25. The fourth-order valence-electron chi connectivity index (χ4n) is 1.39. The fraction of sp³-hybridized carbons (Fsp3) is 0.364. The van der Waals surface area contributed by atoms with Crippen LogP contribution in [-0.4, -0.2) is 40.3 Å². The van der Waals surface area contributed by atoms with Crippen LogP contribution in [0.3, 0.4) is 0 Å². The SMILES string of the molecule is COc1cc(C(O)C(O)CS)ccc1C(=O)O. The zero-order valence-electron chi connectivity index (χ0n) is 9.20. The van der Waals surface area contributed by atoms with Gasteiger partial charge in [-0.05, 0) is 17.7 Å². The van der Waals surface area contributed by atoms with Crippen LogP contribution in [0.2, 0.25) is 0 Å². The quantitative estimate of drug-likeness (QED) is 0.585. The summed E-state index contributed by atoms with van der Waals surface area (Å²) < 4.78 is 4.92. The van der Waals surface area contributed by atoms with E-state index < -0.39 is 18.2 Å². The highest BCUT2D eigenvalue weighted by molar-refractivity contribution is 7.80. The molecule has 6 heteroatoms. The molecule has 0 saturated heterocycles. The summed E-state index contributed by atoms with van der Waals surface area (Å²) in [4.78, 5) is 10.8. The molecule has 1 aromatic carbocycles. The van der Waals surface area contributed by atoms with Crippen molar-refractivity contribution in [2.24, 2.45) is 0 Å². The molecule has 0 aliphatic heterocycles. The number of aliphatic hydroxyl groups excluding tert-OH is 2. The van der Waals surface area contributed by atoms with Gasteiger partial charge >= 0.3 is 5.97 Å². The van der Waals surface area contributed by atoms with Crippen LogP contribution >= 0.6 is 12.6 Å². The van der Waals surface area contributed by atoms with Gasteiger partial charge in [-0.3, -0.25) is 0 Å². The van der Waals surface area contributed by atoms with E-state index >= 15 is 0 Å². The lowest BCUT2D eigenvalue weighted by Crippen LogP contribution is -2.20. The second kappa shape index (κ2) is 5.90.